The smallest absolute Gasteiger partial charge is 0.306 e. The number of ether oxygens (including phenoxy) is 1. The third kappa shape index (κ3) is 32.9. The van der Waals surface area contributed by atoms with Gasteiger partial charge in [-0.05, 0) is 70.3 Å². The van der Waals surface area contributed by atoms with Crippen LogP contribution < -0.4 is 0 Å². The monoisotopic (exact) mass is 591 g/mol. The first-order chi connectivity index (χ1) is 20.6. The molecule has 246 valence electrons. The van der Waals surface area contributed by atoms with Gasteiger partial charge in [0, 0.05) is 12.8 Å². The predicted octanol–water partition coefficient (Wildman–Crippen LogP) is 12.4. The number of rotatable bonds is 33. The van der Waals surface area contributed by atoms with E-state index >= 15 is 0 Å². The minimum absolute atomic E-state index is 0.0453. The van der Waals surface area contributed by atoms with Crippen molar-refractivity contribution in [3.63, 3.8) is 0 Å². The number of carbonyl (C=O) groups is 2. The summed E-state index contributed by atoms with van der Waals surface area (Å²) < 4.78 is 5.91. The molecular formula is C38H70O4. The number of hydrogen-bond donors (Lipinski definition) is 1. The van der Waals surface area contributed by atoms with Crippen molar-refractivity contribution in [2.45, 2.75) is 206 Å². The quantitative estimate of drug-likeness (QED) is 0.0469. The summed E-state index contributed by atoms with van der Waals surface area (Å²) in [5, 5.41) is 8.76. The van der Waals surface area contributed by atoms with Crippen molar-refractivity contribution in [3.05, 3.63) is 24.3 Å². The van der Waals surface area contributed by atoms with Crippen LogP contribution in [0.3, 0.4) is 0 Å². The van der Waals surface area contributed by atoms with Gasteiger partial charge in [0.25, 0.3) is 0 Å². The predicted molar refractivity (Wildman–Crippen MR) is 181 cm³/mol. The Morgan fingerprint density at radius 3 is 1.43 bits per heavy atom. The summed E-state index contributed by atoms with van der Waals surface area (Å²) in [6.45, 7) is 4.52. The Morgan fingerprint density at radius 1 is 0.524 bits per heavy atom. The molecule has 0 saturated heterocycles. The average molecular weight is 591 g/mol. The van der Waals surface area contributed by atoms with Crippen molar-refractivity contribution in [2.75, 3.05) is 0 Å². The summed E-state index contributed by atoms with van der Waals surface area (Å²) in [5.41, 5.74) is 0. The minimum Gasteiger partial charge on any atom is -0.481 e. The van der Waals surface area contributed by atoms with Gasteiger partial charge in [-0.1, -0.05) is 141 Å². The Hall–Kier alpha value is -1.58. The third-order valence-electron chi connectivity index (χ3n) is 8.13. The van der Waals surface area contributed by atoms with Crippen molar-refractivity contribution < 1.29 is 19.4 Å². The maximum atomic E-state index is 12.6. The van der Waals surface area contributed by atoms with E-state index in [1.165, 1.54) is 109 Å². The van der Waals surface area contributed by atoms with Gasteiger partial charge in [-0.3, -0.25) is 9.59 Å². The van der Waals surface area contributed by atoms with Gasteiger partial charge in [0.15, 0.2) is 0 Å². The summed E-state index contributed by atoms with van der Waals surface area (Å²) in [6.07, 6.45) is 42.0. The van der Waals surface area contributed by atoms with Gasteiger partial charge in [0.1, 0.15) is 6.10 Å². The lowest BCUT2D eigenvalue weighted by atomic mass is 10.0. The van der Waals surface area contributed by atoms with Crippen LogP contribution in [0.5, 0.6) is 0 Å². The fourth-order valence-corrected chi connectivity index (χ4v) is 5.38. The first-order valence-corrected chi connectivity index (χ1v) is 18.3. The number of carboxylic acid groups (broad SMARTS) is 1. The number of esters is 1. The van der Waals surface area contributed by atoms with Crippen LogP contribution >= 0.6 is 0 Å². The van der Waals surface area contributed by atoms with E-state index in [-0.39, 0.29) is 18.5 Å². The minimum atomic E-state index is -0.700. The Kier molecular flexibility index (Phi) is 32.6. The van der Waals surface area contributed by atoms with Gasteiger partial charge in [-0.25, -0.2) is 0 Å². The highest BCUT2D eigenvalue weighted by Crippen LogP contribution is 2.16. The number of carboxylic acids is 1. The Labute approximate surface area is 261 Å². The molecular weight excluding hydrogens is 520 g/mol. The van der Waals surface area contributed by atoms with E-state index in [0.717, 1.165) is 64.2 Å². The third-order valence-corrected chi connectivity index (χ3v) is 8.13. The van der Waals surface area contributed by atoms with Gasteiger partial charge in [-0.2, -0.15) is 0 Å². The number of allylic oxidation sites excluding steroid dienone is 3. The second kappa shape index (κ2) is 33.9. The number of unbranched alkanes of at least 4 members (excludes halogenated alkanes) is 22. The van der Waals surface area contributed by atoms with E-state index in [1.807, 2.05) is 0 Å². The first-order valence-electron chi connectivity index (χ1n) is 18.3. The van der Waals surface area contributed by atoms with Gasteiger partial charge >= 0.3 is 11.9 Å². The van der Waals surface area contributed by atoms with Gasteiger partial charge in [0.05, 0.1) is 0 Å². The lowest BCUT2D eigenvalue weighted by molar-refractivity contribution is -0.147. The van der Waals surface area contributed by atoms with E-state index in [0.29, 0.717) is 6.42 Å². The fraction of sp³-hybridized carbons (Fsp3) is 0.842. The van der Waals surface area contributed by atoms with Gasteiger partial charge in [-0.15, -0.1) is 0 Å². The lowest BCUT2D eigenvalue weighted by Crippen LogP contribution is -2.16. The Morgan fingerprint density at radius 2 is 0.929 bits per heavy atom. The highest BCUT2D eigenvalue weighted by Gasteiger charge is 2.11. The van der Waals surface area contributed by atoms with Crippen molar-refractivity contribution in [2.24, 2.45) is 0 Å². The molecule has 0 aliphatic rings. The van der Waals surface area contributed by atoms with Crippen LogP contribution in [0.25, 0.3) is 0 Å². The summed E-state index contributed by atoms with van der Waals surface area (Å²) >= 11 is 0. The zero-order chi connectivity index (χ0) is 30.8. The molecule has 0 aromatic carbocycles. The molecule has 1 unspecified atom stereocenters. The van der Waals surface area contributed by atoms with Gasteiger partial charge < -0.3 is 9.84 Å². The molecule has 0 heterocycles. The zero-order valence-electron chi connectivity index (χ0n) is 28.1. The molecule has 0 spiro atoms. The van der Waals surface area contributed by atoms with Crippen LogP contribution in [-0.2, 0) is 14.3 Å². The maximum absolute atomic E-state index is 12.6. The summed E-state index contributed by atoms with van der Waals surface area (Å²) in [6, 6.07) is 0. The van der Waals surface area contributed by atoms with Crippen molar-refractivity contribution in [1.29, 1.82) is 0 Å². The van der Waals surface area contributed by atoms with Crippen molar-refractivity contribution in [1.82, 2.24) is 0 Å². The average Bonchev–Trinajstić information content (AvgIpc) is 2.97. The molecule has 4 nitrogen and oxygen atoms in total. The molecule has 0 bridgehead atoms. The van der Waals surface area contributed by atoms with Gasteiger partial charge in [0.2, 0.25) is 0 Å². The van der Waals surface area contributed by atoms with Crippen molar-refractivity contribution in [3.8, 4) is 0 Å². The Balaban J connectivity index is 4.11. The summed E-state index contributed by atoms with van der Waals surface area (Å²) in [4.78, 5) is 23.2. The molecule has 42 heavy (non-hydrogen) atoms. The lowest BCUT2D eigenvalue weighted by Gasteiger charge is -2.15. The molecule has 1 N–H and O–H groups in total. The van der Waals surface area contributed by atoms with E-state index < -0.39 is 5.97 Å². The highest BCUT2D eigenvalue weighted by molar-refractivity contribution is 5.69. The molecule has 0 aromatic heterocycles. The largest absolute Gasteiger partial charge is 0.481 e. The van der Waals surface area contributed by atoms with E-state index in [1.54, 1.807) is 0 Å². The van der Waals surface area contributed by atoms with E-state index in [2.05, 4.69) is 38.2 Å². The maximum Gasteiger partial charge on any atom is 0.306 e. The zero-order valence-corrected chi connectivity index (χ0v) is 28.1. The molecule has 0 saturated carbocycles. The molecule has 1 atom stereocenters. The normalized spacial score (nSPS) is 12.4. The number of aliphatic carboxylic acids is 1. The highest BCUT2D eigenvalue weighted by atomic mass is 16.5. The van der Waals surface area contributed by atoms with E-state index in [4.69, 9.17) is 9.84 Å². The summed E-state index contributed by atoms with van der Waals surface area (Å²) in [5.74, 6) is -0.745. The van der Waals surface area contributed by atoms with Crippen LogP contribution in [0.15, 0.2) is 24.3 Å². The molecule has 0 rings (SSSR count). The van der Waals surface area contributed by atoms with Crippen LogP contribution in [0.1, 0.15) is 200 Å². The molecule has 0 aliphatic heterocycles. The number of hydrogen-bond acceptors (Lipinski definition) is 3. The topological polar surface area (TPSA) is 63.6 Å². The van der Waals surface area contributed by atoms with Crippen LogP contribution in [0, 0.1) is 0 Å². The summed E-state index contributed by atoms with van der Waals surface area (Å²) in [7, 11) is 0. The van der Waals surface area contributed by atoms with Crippen LogP contribution in [0.2, 0.25) is 0 Å². The number of carbonyl (C=O) groups excluding carboxylic acids is 1. The first kappa shape index (κ1) is 40.4. The van der Waals surface area contributed by atoms with Crippen LogP contribution in [-0.4, -0.2) is 23.1 Å². The fourth-order valence-electron chi connectivity index (χ4n) is 5.38. The standard InChI is InChI=1S/C38H70O4/c1-3-5-7-9-11-13-14-15-16-17-19-21-27-31-35-38(41)42-36(32-28-24-20-18-12-10-8-6-4-2)33-29-25-22-23-26-30-34-37(39)40/h14-15,28,32,36H,3-13,16-27,29-31,33-35H2,1-2H3,(H,39,40)/b15-14-,32-28-. The van der Waals surface area contributed by atoms with Crippen molar-refractivity contribution >= 4 is 11.9 Å². The second-order valence-corrected chi connectivity index (χ2v) is 12.4. The SMILES string of the molecule is CCCCCCC/C=C\CCCCCCCC(=O)OC(/C=C\CCCCCCCCC)CCCCCCCCC(=O)O. The molecule has 4 heteroatoms. The molecule has 0 amide bonds. The van der Waals surface area contributed by atoms with E-state index in [9.17, 15) is 9.59 Å². The van der Waals surface area contributed by atoms with Crippen LogP contribution in [0.4, 0.5) is 0 Å². The molecule has 0 aliphatic carbocycles. The Bertz CT molecular complexity index is 639. The molecule has 0 fully saturated rings. The molecule has 0 radical (unpaired) electrons. The second-order valence-electron chi connectivity index (χ2n) is 12.4. The molecule has 0 aromatic rings.